The average Bonchev–Trinajstić information content (AvgIpc) is 3.16. The van der Waals surface area contributed by atoms with Crippen LogP contribution in [-0.4, -0.2) is 43.1 Å². The molecule has 134 valence electrons. The van der Waals surface area contributed by atoms with Crippen molar-refractivity contribution in [3.05, 3.63) is 24.0 Å². The Kier molecular flexibility index (Phi) is 4.87. The van der Waals surface area contributed by atoms with Gasteiger partial charge in [-0.15, -0.1) is 0 Å². The van der Waals surface area contributed by atoms with E-state index < -0.39 is 17.8 Å². The molecule has 1 aliphatic rings. The molecule has 2 aromatic rings. The summed E-state index contributed by atoms with van der Waals surface area (Å²) in [5, 5.41) is 21.0. The van der Waals surface area contributed by atoms with Crippen LogP contribution in [0.25, 0.3) is 11.0 Å². The van der Waals surface area contributed by atoms with E-state index in [4.69, 9.17) is 0 Å². The Morgan fingerprint density at radius 3 is 2.68 bits per heavy atom. The van der Waals surface area contributed by atoms with Crippen molar-refractivity contribution < 1.29 is 14.7 Å². The van der Waals surface area contributed by atoms with E-state index in [1.165, 1.54) is 0 Å². The first-order chi connectivity index (χ1) is 12.0. The summed E-state index contributed by atoms with van der Waals surface area (Å²) in [5.41, 5.74) is 2.86. The first-order valence-electron chi connectivity index (χ1n) is 8.57. The molecule has 2 heterocycles. The Morgan fingerprint density at radius 2 is 2.00 bits per heavy atom. The number of carboxylic acid groups (broad SMARTS) is 1. The Bertz CT molecular complexity index is 820. The Morgan fingerprint density at radius 1 is 1.28 bits per heavy atom. The highest BCUT2D eigenvalue weighted by Crippen LogP contribution is 2.26. The van der Waals surface area contributed by atoms with Crippen molar-refractivity contribution >= 4 is 22.9 Å². The molecule has 0 bridgehead atoms. The van der Waals surface area contributed by atoms with Crippen molar-refractivity contribution in [2.24, 2.45) is 11.8 Å². The second-order valence-corrected chi connectivity index (χ2v) is 6.29. The van der Waals surface area contributed by atoms with Gasteiger partial charge in [-0.3, -0.25) is 19.0 Å². The molecule has 0 aromatic carbocycles. The van der Waals surface area contributed by atoms with E-state index in [1.54, 1.807) is 6.20 Å². The lowest BCUT2D eigenvalue weighted by Crippen LogP contribution is -2.39. The van der Waals surface area contributed by atoms with Crippen LogP contribution in [0.5, 0.6) is 0 Å². The molecule has 2 N–H and O–H groups in total. The maximum Gasteiger partial charge on any atom is 0.307 e. The number of nitrogens with one attached hydrogen (secondary N) is 1. The van der Waals surface area contributed by atoms with Crippen LogP contribution in [0.3, 0.4) is 0 Å². The molecule has 0 saturated heterocycles. The molecule has 1 amide bonds. The van der Waals surface area contributed by atoms with Crippen LogP contribution in [0, 0.1) is 18.8 Å². The topological polar surface area (TPSA) is 102 Å². The van der Waals surface area contributed by atoms with Crippen LogP contribution in [0.15, 0.2) is 18.3 Å². The van der Waals surface area contributed by atoms with Gasteiger partial charge in [0.1, 0.15) is 11.0 Å². The van der Waals surface area contributed by atoms with Gasteiger partial charge in [-0.2, -0.15) is 10.2 Å². The van der Waals surface area contributed by atoms with E-state index in [-0.39, 0.29) is 5.91 Å². The number of aromatic nitrogens is 4. The first kappa shape index (κ1) is 17.2. The van der Waals surface area contributed by atoms with Crippen LogP contribution >= 0.6 is 0 Å². The Hall–Kier alpha value is -2.64. The average molecular weight is 345 g/mol. The van der Waals surface area contributed by atoms with Gasteiger partial charge in [0.2, 0.25) is 5.91 Å². The highest BCUT2D eigenvalue weighted by Gasteiger charge is 2.33. The second-order valence-electron chi connectivity index (χ2n) is 6.29. The maximum absolute atomic E-state index is 12.4. The number of carbonyl (C=O) groups is 2. The van der Waals surface area contributed by atoms with Crippen LogP contribution in [0.4, 0.5) is 0 Å². The third-order valence-electron chi connectivity index (χ3n) is 4.72. The van der Waals surface area contributed by atoms with E-state index in [0.717, 1.165) is 23.3 Å². The first-order valence-corrected chi connectivity index (χ1v) is 8.57. The van der Waals surface area contributed by atoms with Crippen LogP contribution in [0.2, 0.25) is 0 Å². The Balaban J connectivity index is 1.63. The molecular weight excluding hydrogens is 322 g/mol. The summed E-state index contributed by atoms with van der Waals surface area (Å²) in [6, 6.07) is 0. The van der Waals surface area contributed by atoms with Crippen molar-refractivity contribution in [1.82, 2.24) is 24.9 Å². The molecule has 0 saturated carbocycles. The normalized spacial score (nSPS) is 20.1. The minimum Gasteiger partial charge on any atom is -0.481 e. The van der Waals surface area contributed by atoms with Gasteiger partial charge in [-0.25, -0.2) is 0 Å². The lowest BCUT2D eigenvalue weighted by Gasteiger charge is -2.24. The van der Waals surface area contributed by atoms with Gasteiger partial charge in [0.15, 0.2) is 0 Å². The summed E-state index contributed by atoms with van der Waals surface area (Å²) >= 11 is 0. The van der Waals surface area contributed by atoms with Crippen molar-refractivity contribution in [2.45, 2.75) is 39.8 Å². The van der Waals surface area contributed by atoms with Crippen molar-refractivity contribution in [3.63, 3.8) is 0 Å². The zero-order valence-electron chi connectivity index (χ0n) is 14.5. The molecule has 8 heteroatoms. The van der Waals surface area contributed by atoms with E-state index in [2.05, 4.69) is 15.5 Å². The molecule has 2 atom stereocenters. The largest absolute Gasteiger partial charge is 0.481 e. The van der Waals surface area contributed by atoms with E-state index in [9.17, 15) is 14.7 Å². The fraction of sp³-hybridized carbons (Fsp3) is 0.529. The predicted octanol–water partition coefficient (Wildman–Crippen LogP) is 1.34. The fourth-order valence-electron chi connectivity index (χ4n) is 3.42. The highest BCUT2D eigenvalue weighted by atomic mass is 16.4. The lowest BCUT2D eigenvalue weighted by atomic mass is 9.82. The molecule has 0 radical (unpaired) electrons. The SMILES string of the molecule is CCn1nc(C)c2c1cnn2CCNC(=O)[C@H]1CC=CC[C@@H]1C(=O)O. The number of amides is 1. The summed E-state index contributed by atoms with van der Waals surface area (Å²) in [6.07, 6.45) is 6.37. The minimum absolute atomic E-state index is 0.207. The number of hydrogen-bond acceptors (Lipinski definition) is 4. The number of carboxylic acids is 1. The van der Waals surface area contributed by atoms with E-state index in [1.807, 2.05) is 35.4 Å². The lowest BCUT2D eigenvalue weighted by molar-refractivity contribution is -0.147. The maximum atomic E-state index is 12.4. The minimum atomic E-state index is -0.916. The van der Waals surface area contributed by atoms with Gasteiger partial charge in [0, 0.05) is 13.1 Å². The number of carbonyl (C=O) groups excluding carboxylic acids is 1. The number of fused-ring (bicyclic) bond motifs is 1. The number of aliphatic carboxylic acids is 1. The molecule has 0 aliphatic heterocycles. The fourth-order valence-corrected chi connectivity index (χ4v) is 3.42. The van der Waals surface area contributed by atoms with Crippen molar-refractivity contribution in [2.75, 3.05) is 6.54 Å². The van der Waals surface area contributed by atoms with Crippen LogP contribution in [0.1, 0.15) is 25.5 Å². The third kappa shape index (κ3) is 3.29. The van der Waals surface area contributed by atoms with Gasteiger partial charge in [-0.1, -0.05) is 12.2 Å². The molecule has 0 fully saturated rings. The van der Waals surface area contributed by atoms with Gasteiger partial charge >= 0.3 is 5.97 Å². The van der Waals surface area contributed by atoms with Crippen molar-refractivity contribution in [1.29, 1.82) is 0 Å². The molecule has 8 nitrogen and oxygen atoms in total. The van der Waals surface area contributed by atoms with Gasteiger partial charge in [-0.05, 0) is 26.7 Å². The van der Waals surface area contributed by atoms with Crippen LogP contribution < -0.4 is 5.32 Å². The Labute approximate surface area is 145 Å². The third-order valence-corrected chi connectivity index (χ3v) is 4.72. The molecular formula is C17H23N5O3. The van der Waals surface area contributed by atoms with Crippen molar-refractivity contribution in [3.8, 4) is 0 Å². The molecule has 1 aliphatic carbocycles. The molecule has 25 heavy (non-hydrogen) atoms. The molecule has 0 spiro atoms. The molecule has 0 unspecified atom stereocenters. The standard InChI is InChI=1S/C17H23N5O3/c1-3-21-14-10-19-22(15(14)11(2)20-21)9-8-18-16(23)12-6-4-5-7-13(12)17(24)25/h4-5,10,12-13H,3,6-9H2,1-2H3,(H,18,23)(H,24,25)/t12-,13-/m0/s1. The van der Waals surface area contributed by atoms with E-state index in [0.29, 0.717) is 25.9 Å². The number of nitrogens with zero attached hydrogens (tertiary/aromatic N) is 4. The highest BCUT2D eigenvalue weighted by molar-refractivity contribution is 5.85. The number of rotatable bonds is 6. The van der Waals surface area contributed by atoms with Gasteiger partial charge in [0.05, 0.1) is 30.3 Å². The summed E-state index contributed by atoms with van der Waals surface area (Å²) in [7, 11) is 0. The summed E-state index contributed by atoms with van der Waals surface area (Å²) in [6.45, 7) is 5.67. The molecule has 3 rings (SSSR count). The zero-order valence-corrected chi connectivity index (χ0v) is 14.5. The van der Waals surface area contributed by atoms with Crippen LogP contribution in [-0.2, 0) is 22.7 Å². The van der Waals surface area contributed by atoms with Gasteiger partial charge in [0.25, 0.3) is 0 Å². The molecule has 2 aromatic heterocycles. The van der Waals surface area contributed by atoms with Gasteiger partial charge < -0.3 is 10.4 Å². The smallest absolute Gasteiger partial charge is 0.307 e. The quantitative estimate of drug-likeness (QED) is 0.769. The number of allylic oxidation sites excluding steroid dienone is 2. The predicted molar refractivity (Wildman–Crippen MR) is 91.9 cm³/mol. The summed E-state index contributed by atoms with van der Waals surface area (Å²) < 4.78 is 3.73. The number of hydrogen-bond donors (Lipinski definition) is 2. The zero-order chi connectivity index (χ0) is 18.0. The monoisotopic (exact) mass is 345 g/mol. The summed E-state index contributed by atoms with van der Waals surface area (Å²) in [5.74, 6) is -2.28. The number of aryl methyl sites for hydroxylation is 2. The second kappa shape index (κ2) is 7.08. The van der Waals surface area contributed by atoms with E-state index >= 15 is 0 Å². The summed E-state index contributed by atoms with van der Waals surface area (Å²) in [4.78, 5) is 23.7.